The van der Waals surface area contributed by atoms with Crippen LogP contribution in [0.4, 0.5) is 13.2 Å². The van der Waals surface area contributed by atoms with E-state index in [9.17, 15) is 18.0 Å². The third kappa shape index (κ3) is 4.10. The molecule has 1 aromatic heterocycles. The number of benzene rings is 2. The first kappa shape index (κ1) is 18.1. The van der Waals surface area contributed by atoms with Crippen molar-refractivity contribution in [3.8, 4) is 5.69 Å². The van der Waals surface area contributed by atoms with E-state index in [1.807, 2.05) is 6.07 Å². The highest BCUT2D eigenvalue weighted by atomic mass is 79.9. The minimum absolute atomic E-state index is 0.0437. The zero-order chi connectivity index (χ0) is 18.7. The number of carbonyl (C=O) groups is 1. The number of nitrogens with zero attached hydrogens (tertiary/aromatic N) is 3. The first-order chi connectivity index (χ1) is 12.3. The van der Waals surface area contributed by atoms with Gasteiger partial charge in [0.25, 0.3) is 5.91 Å². The Morgan fingerprint density at radius 1 is 1.15 bits per heavy atom. The van der Waals surface area contributed by atoms with Crippen molar-refractivity contribution >= 4 is 21.8 Å². The standard InChI is InChI=1S/C17H12BrF3N4O/c18-13-7-11(6-12(8-13)17(19,20)21)9-22-16(26)15-23-10-24-25(15)14-4-2-1-3-5-14/h1-8,10H,9H2,(H,22,26). The average Bonchev–Trinajstić information content (AvgIpc) is 3.09. The third-order valence-electron chi connectivity index (χ3n) is 3.49. The molecule has 5 nitrogen and oxygen atoms in total. The number of hydrogen-bond acceptors (Lipinski definition) is 3. The van der Waals surface area contributed by atoms with E-state index in [4.69, 9.17) is 0 Å². The predicted molar refractivity (Wildman–Crippen MR) is 91.7 cm³/mol. The molecule has 3 rings (SSSR count). The maximum Gasteiger partial charge on any atom is 0.416 e. The lowest BCUT2D eigenvalue weighted by molar-refractivity contribution is -0.137. The number of para-hydroxylation sites is 1. The van der Waals surface area contributed by atoms with Gasteiger partial charge < -0.3 is 5.32 Å². The van der Waals surface area contributed by atoms with E-state index in [2.05, 4.69) is 31.3 Å². The molecule has 2 aromatic carbocycles. The number of carbonyl (C=O) groups excluding carboxylic acids is 1. The van der Waals surface area contributed by atoms with E-state index < -0.39 is 17.6 Å². The van der Waals surface area contributed by atoms with E-state index in [-0.39, 0.29) is 16.8 Å². The van der Waals surface area contributed by atoms with Crippen molar-refractivity contribution in [1.82, 2.24) is 20.1 Å². The Morgan fingerprint density at radius 3 is 2.58 bits per heavy atom. The van der Waals surface area contributed by atoms with Crippen LogP contribution in [0, 0.1) is 0 Å². The summed E-state index contributed by atoms with van der Waals surface area (Å²) in [4.78, 5) is 16.3. The van der Waals surface area contributed by atoms with E-state index in [0.717, 1.165) is 12.1 Å². The Labute approximate surface area is 155 Å². The van der Waals surface area contributed by atoms with Crippen molar-refractivity contribution in [1.29, 1.82) is 0 Å². The molecule has 1 heterocycles. The summed E-state index contributed by atoms with van der Waals surface area (Å²) in [6, 6.07) is 12.4. The molecule has 0 aliphatic rings. The molecule has 0 aliphatic carbocycles. The normalized spacial score (nSPS) is 11.4. The molecule has 0 spiro atoms. The van der Waals surface area contributed by atoms with Crippen molar-refractivity contribution < 1.29 is 18.0 Å². The van der Waals surface area contributed by atoms with Crippen LogP contribution in [-0.4, -0.2) is 20.7 Å². The van der Waals surface area contributed by atoms with Gasteiger partial charge in [-0.1, -0.05) is 34.1 Å². The van der Waals surface area contributed by atoms with Crippen LogP contribution in [0.25, 0.3) is 5.69 Å². The molecule has 0 aliphatic heterocycles. The predicted octanol–water partition coefficient (Wildman–Crippen LogP) is 3.98. The third-order valence-corrected chi connectivity index (χ3v) is 3.95. The molecular weight excluding hydrogens is 413 g/mol. The second-order valence-corrected chi connectivity index (χ2v) is 6.28. The molecular formula is C17H12BrF3N4O. The lowest BCUT2D eigenvalue weighted by atomic mass is 10.1. The van der Waals surface area contributed by atoms with Crippen LogP contribution in [0.15, 0.2) is 59.3 Å². The molecule has 134 valence electrons. The molecule has 1 N–H and O–H groups in total. The van der Waals surface area contributed by atoms with Crippen LogP contribution < -0.4 is 5.32 Å². The van der Waals surface area contributed by atoms with Crippen molar-refractivity contribution in [2.24, 2.45) is 0 Å². The Morgan fingerprint density at radius 2 is 1.88 bits per heavy atom. The largest absolute Gasteiger partial charge is 0.416 e. The lowest BCUT2D eigenvalue weighted by Gasteiger charge is -2.11. The van der Waals surface area contributed by atoms with Crippen LogP contribution in [-0.2, 0) is 12.7 Å². The zero-order valence-corrected chi connectivity index (χ0v) is 14.8. The van der Waals surface area contributed by atoms with Gasteiger partial charge in [0.05, 0.1) is 11.3 Å². The Kier molecular flexibility index (Phi) is 5.08. The summed E-state index contributed by atoms with van der Waals surface area (Å²) in [7, 11) is 0. The van der Waals surface area contributed by atoms with Gasteiger partial charge in [0.2, 0.25) is 5.82 Å². The molecule has 0 bridgehead atoms. The highest BCUT2D eigenvalue weighted by Gasteiger charge is 2.31. The average molecular weight is 425 g/mol. The van der Waals surface area contributed by atoms with Gasteiger partial charge in [0.15, 0.2) is 0 Å². The van der Waals surface area contributed by atoms with Crippen molar-refractivity contribution in [2.45, 2.75) is 12.7 Å². The summed E-state index contributed by atoms with van der Waals surface area (Å²) < 4.78 is 40.3. The number of hydrogen-bond donors (Lipinski definition) is 1. The van der Waals surface area contributed by atoms with Gasteiger partial charge in [-0.2, -0.15) is 18.3 Å². The summed E-state index contributed by atoms with van der Waals surface area (Å²) in [6.07, 6.45) is -3.22. The molecule has 0 fully saturated rings. The summed E-state index contributed by atoms with van der Waals surface area (Å²) in [5.41, 5.74) is 0.173. The second-order valence-electron chi connectivity index (χ2n) is 5.36. The first-order valence-corrected chi connectivity index (χ1v) is 8.24. The fraction of sp³-hybridized carbons (Fsp3) is 0.118. The van der Waals surface area contributed by atoms with Crippen molar-refractivity contribution in [2.75, 3.05) is 0 Å². The number of alkyl halides is 3. The van der Waals surface area contributed by atoms with Crippen LogP contribution >= 0.6 is 15.9 Å². The first-order valence-electron chi connectivity index (χ1n) is 7.45. The highest BCUT2D eigenvalue weighted by Crippen LogP contribution is 2.32. The Balaban J connectivity index is 1.77. The highest BCUT2D eigenvalue weighted by molar-refractivity contribution is 9.10. The topological polar surface area (TPSA) is 59.8 Å². The van der Waals surface area contributed by atoms with Gasteiger partial charge in [-0.05, 0) is 35.9 Å². The molecule has 3 aromatic rings. The van der Waals surface area contributed by atoms with Gasteiger partial charge in [0, 0.05) is 11.0 Å². The summed E-state index contributed by atoms with van der Waals surface area (Å²) in [6.45, 7) is -0.0804. The molecule has 0 saturated heterocycles. The molecule has 0 unspecified atom stereocenters. The quantitative estimate of drug-likeness (QED) is 0.688. The minimum atomic E-state index is -4.46. The summed E-state index contributed by atoms with van der Waals surface area (Å²) in [5, 5.41) is 6.58. The molecule has 1 amide bonds. The molecule has 0 atom stereocenters. The fourth-order valence-electron chi connectivity index (χ4n) is 2.33. The maximum absolute atomic E-state index is 12.9. The van der Waals surface area contributed by atoms with Gasteiger partial charge in [-0.25, -0.2) is 9.67 Å². The van der Waals surface area contributed by atoms with E-state index in [0.29, 0.717) is 11.3 Å². The minimum Gasteiger partial charge on any atom is -0.345 e. The van der Waals surface area contributed by atoms with Gasteiger partial charge in [-0.15, -0.1) is 0 Å². The number of nitrogens with one attached hydrogen (secondary N) is 1. The smallest absolute Gasteiger partial charge is 0.345 e. The fourth-order valence-corrected chi connectivity index (χ4v) is 2.87. The lowest BCUT2D eigenvalue weighted by Crippen LogP contribution is -2.26. The Hall–Kier alpha value is -2.68. The number of rotatable bonds is 4. The van der Waals surface area contributed by atoms with Crippen LogP contribution in [0.3, 0.4) is 0 Å². The molecule has 9 heteroatoms. The van der Waals surface area contributed by atoms with Crippen molar-refractivity contribution in [3.05, 3.63) is 76.3 Å². The van der Waals surface area contributed by atoms with Gasteiger partial charge >= 0.3 is 6.18 Å². The zero-order valence-electron chi connectivity index (χ0n) is 13.2. The van der Waals surface area contributed by atoms with Crippen LogP contribution in [0.5, 0.6) is 0 Å². The van der Waals surface area contributed by atoms with E-state index in [1.54, 1.807) is 24.3 Å². The monoisotopic (exact) mass is 424 g/mol. The van der Waals surface area contributed by atoms with Gasteiger partial charge in [0.1, 0.15) is 6.33 Å². The number of amides is 1. The SMILES string of the molecule is O=C(NCc1cc(Br)cc(C(F)(F)F)c1)c1ncnn1-c1ccccc1. The summed E-state index contributed by atoms with van der Waals surface area (Å²) >= 11 is 3.05. The Bertz CT molecular complexity index is 925. The molecule has 0 saturated carbocycles. The van der Waals surface area contributed by atoms with E-state index in [1.165, 1.54) is 17.1 Å². The number of halogens is 4. The summed E-state index contributed by atoms with van der Waals surface area (Å²) in [5.74, 6) is -0.498. The second kappa shape index (κ2) is 7.28. The number of aromatic nitrogens is 3. The van der Waals surface area contributed by atoms with Crippen LogP contribution in [0.1, 0.15) is 21.7 Å². The van der Waals surface area contributed by atoms with E-state index >= 15 is 0 Å². The van der Waals surface area contributed by atoms with Gasteiger partial charge in [-0.3, -0.25) is 4.79 Å². The van der Waals surface area contributed by atoms with Crippen molar-refractivity contribution in [3.63, 3.8) is 0 Å². The molecule has 0 radical (unpaired) electrons. The molecule has 26 heavy (non-hydrogen) atoms. The van der Waals surface area contributed by atoms with Crippen LogP contribution in [0.2, 0.25) is 0 Å². The maximum atomic E-state index is 12.9.